The predicted octanol–water partition coefficient (Wildman–Crippen LogP) is 1.43. The number of carboxylic acid groups (broad SMARTS) is 1. The van der Waals surface area contributed by atoms with Gasteiger partial charge in [0.05, 0.1) is 0 Å². The van der Waals surface area contributed by atoms with E-state index in [0.717, 1.165) is 0 Å². The van der Waals surface area contributed by atoms with Crippen molar-refractivity contribution in [2.24, 2.45) is 5.92 Å². The van der Waals surface area contributed by atoms with Crippen molar-refractivity contribution >= 4 is 5.97 Å². The van der Waals surface area contributed by atoms with E-state index in [-0.39, 0.29) is 6.61 Å². The van der Waals surface area contributed by atoms with Gasteiger partial charge in [0.2, 0.25) is 0 Å². The molecule has 0 aromatic heterocycles. The Balaban J connectivity index is 4.38. The second-order valence-electron chi connectivity index (χ2n) is 2.54. The summed E-state index contributed by atoms with van der Waals surface area (Å²) in [7, 11) is 0. The average molecular weight is 164 g/mol. The normalized spacial score (nSPS) is 16.5. The maximum atomic E-state index is 13.2. The van der Waals surface area contributed by atoms with E-state index >= 15 is 0 Å². The third-order valence-corrected chi connectivity index (χ3v) is 1.39. The summed E-state index contributed by atoms with van der Waals surface area (Å²) in [6, 6.07) is 0. The van der Waals surface area contributed by atoms with Gasteiger partial charge in [0.25, 0.3) is 0 Å². The SMILES string of the molecule is CCOC(F)(C(=O)O)C(C)C. The number of carboxylic acids is 1. The number of halogens is 1. The maximum absolute atomic E-state index is 13.2. The largest absolute Gasteiger partial charge is 0.477 e. The predicted molar refractivity (Wildman–Crippen MR) is 37.9 cm³/mol. The van der Waals surface area contributed by atoms with Crippen LogP contribution in [0.4, 0.5) is 4.39 Å². The zero-order valence-corrected chi connectivity index (χ0v) is 6.93. The third-order valence-electron chi connectivity index (χ3n) is 1.39. The van der Waals surface area contributed by atoms with Gasteiger partial charge in [0, 0.05) is 12.5 Å². The molecule has 3 nitrogen and oxygen atoms in total. The van der Waals surface area contributed by atoms with Crippen molar-refractivity contribution in [3.63, 3.8) is 0 Å². The summed E-state index contributed by atoms with van der Waals surface area (Å²) in [6.45, 7) is 4.54. The molecular formula is C7H13FO3. The minimum Gasteiger partial charge on any atom is -0.477 e. The summed E-state index contributed by atoms with van der Waals surface area (Å²) in [5.41, 5.74) is 0. The van der Waals surface area contributed by atoms with Crippen LogP contribution in [0.2, 0.25) is 0 Å². The first-order chi connectivity index (χ1) is 4.95. The number of rotatable bonds is 4. The molecule has 1 unspecified atom stereocenters. The van der Waals surface area contributed by atoms with E-state index in [0.29, 0.717) is 0 Å². The van der Waals surface area contributed by atoms with Crippen molar-refractivity contribution in [1.82, 2.24) is 0 Å². The first kappa shape index (κ1) is 10.4. The molecule has 1 atom stereocenters. The van der Waals surface area contributed by atoms with Gasteiger partial charge in [-0.05, 0) is 6.92 Å². The van der Waals surface area contributed by atoms with Crippen LogP contribution in [0, 0.1) is 5.92 Å². The highest BCUT2D eigenvalue weighted by molar-refractivity contribution is 5.75. The molecule has 0 spiro atoms. The molecule has 0 radical (unpaired) electrons. The molecule has 0 saturated carbocycles. The second-order valence-corrected chi connectivity index (χ2v) is 2.54. The van der Waals surface area contributed by atoms with Crippen molar-refractivity contribution in [1.29, 1.82) is 0 Å². The fourth-order valence-corrected chi connectivity index (χ4v) is 0.685. The number of ether oxygens (including phenoxy) is 1. The van der Waals surface area contributed by atoms with Crippen LogP contribution >= 0.6 is 0 Å². The molecule has 0 bridgehead atoms. The summed E-state index contributed by atoms with van der Waals surface area (Å²) >= 11 is 0. The first-order valence-electron chi connectivity index (χ1n) is 3.51. The monoisotopic (exact) mass is 164 g/mol. The average Bonchev–Trinajstić information content (AvgIpc) is 1.87. The van der Waals surface area contributed by atoms with Gasteiger partial charge in [-0.3, -0.25) is 0 Å². The Morgan fingerprint density at radius 1 is 1.73 bits per heavy atom. The Hall–Kier alpha value is -0.640. The van der Waals surface area contributed by atoms with Crippen LogP contribution in [0.25, 0.3) is 0 Å². The van der Waals surface area contributed by atoms with Gasteiger partial charge < -0.3 is 9.84 Å². The molecule has 0 aliphatic carbocycles. The van der Waals surface area contributed by atoms with Crippen LogP contribution in [0.1, 0.15) is 20.8 Å². The zero-order valence-electron chi connectivity index (χ0n) is 6.93. The lowest BCUT2D eigenvalue weighted by Gasteiger charge is -2.23. The topological polar surface area (TPSA) is 46.5 Å². The van der Waals surface area contributed by atoms with E-state index < -0.39 is 17.7 Å². The summed E-state index contributed by atoms with van der Waals surface area (Å²) < 4.78 is 17.7. The Kier molecular flexibility index (Phi) is 3.45. The number of carbonyl (C=O) groups is 1. The van der Waals surface area contributed by atoms with Gasteiger partial charge in [-0.25, -0.2) is 4.79 Å². The molecule has 0 heterocycles. The highest BCUT2D eigenvalue weighted by Gasteiger charge is 2.43. The van der Waals surface area contributed by atoms with Crippen LogP contribution in [-0.2, 0) is 9.53 Å². The quantitative estimate of drug-likeness (QED) is 0.683. The lowest BCUT2D eigenvalue weighted by atomic mass is 10.1. The Labute approximate surface area is 65.2 Å². The molecular weight excluding hydrogens is 151 g/mol. The van der Waals surface area contributed by atoms with Crippen LogP contribution in [0.3, 0.4) is 0 Å². The van der Waals surface area contributed by atoms with E-state index in [4.69, 9.17) is 5.11 Å². The Bertz CT molecular complexity index is 147. The molecule has 0 aromatic rings. The molecule has 0 amide bonds. The molecule has 0 saturated heterocycles. The summed E-state index contributed by atoms with van der Waals surface area (Å²) in [4.78, 5) is 10.4. The van der Waals surface area contributed by atoms with Crippen molar-refractivity contribution < 1.29 is 19.0 Å². The fraction of sp³-hybridized carbons (Fsp3) is 0.857. The van der Waals surface area contributed by atoms with E-state index in [9.17, 15) is 9.18 Å². The van der Waals surface area contributed by atoms with Gasteiger partial charge >= 0.3 is 11.8 Å². The smallest absolute Gasteiger partial charge is 0.369 e. The molecule has 0 aliphatic heterocycles. The molecule has 1 N–H and O–H groups in total. The minimum absolute atomic E-state index is 0.0565. The molecule has 66 valence electrons. The number of hydrogen-bond donors (Lipinski definition) is 1. The Morgan fingerprint density at radius 2 is 2.18 bits per heavy atom. The van der Waals surface area contributed by atoms with Crippen LogP contribution in [-0.4, -0.2) is 23.5 Å². The minimum atomic E-state index is -2.53. The van der Waals surface area contributed by atoms with Gasteiger partial charge in [-0.15, -0.1) is 0 Å². The number of aliphatic carboxylic acids is 1. The standard InChI is InChI=1S/C7H13FO3/c1-4-11-7(8,5(2)3)6(9)10/h5H,4H2,1-3H3,(H,9,10). The van der Waals surface area contributed by atoms with Crippen molar-refractivity contribution in [3.8, 4) is 0 Å². The van der Waals surface area contributed by atoms with E-state index in [1.54, 1.807) is 6.92 Å². The molecule has 0 aromatic carbocycles. The number of alkyl halides is 1. The van der Waals surface area contributed by atoms with Gasteiger partial charge in [0.15, 0.2) is 0 Å². The molecule has 0 rings (SSSR count). The zero-order chi connectivity index (χ0) is 9.07. The van der Waals surface area contributed by atoms with Gasteiger partial charge in [0.1, 0.15) is 0 Å². The maximum Gasteiger partial charge on any atom is 0.369 e. The third kappa shape index (κ3) is 2.15. The lowest BCUT2D eigenvalue weighted by molar-refractivity contribution is -0.206. The van der Waals surface area contributed by atoms with Gasteiger partial charge in [-0.1, -0.05) is 13.8 Å². The van der Waals surface area contributed by atoms with E-state index in [2.05, 4.69) is 4.74 Å². The summed E-state index contributed by atoms with van der Waals surface area (Å²) in [5.74, 6) is -4.77. The second kappa shape index (κ2) is 3.67. The highest BCUT2D eigenvalue weighted by Crippen LogP contribution is 2.23. The highest BCUT2D eigenvalue weighted by atomic mass is 19.2. The molecule has 0 fully saturated rings. The van der Waals surface area contributed by atoms with Crippen LogP contribution in [0.5, 0.6) is 0 Å². The molecule has 0 aliphatic rings. The fourth-order valence-electron chi connectivity index (χ4n) is 0.685. The summed E-state index contributed by atoms with van der Waals surface area (Å²) in [6.07, 6.45) is 0. The number of hydrogen-bond acceptors (Lipinski definition) is 2. The van der Waals surface area contributed by atoms with Crippen molar-refractivity contribution in [3.05, 3.63) is 0 Å². The first-order valence-corrected chi connectivity index (χ1v) is 3.51. The van der Waals surface area contributed by atoms with Gasteiger partial charge in [-0.2, -0.15) is 4.39 Å². The van der Waals surface area contributed by atoms with Crippen LogP contribution in [0.15, 0.2) is 0 Å². The van der Waals surface area contributed by atoms with E-state index in [1.165, 1.54) is 13.8 Å². The van der Waals surface area contributed by atoms with Crippen molar-refractivity contribution in [2.75, 3.05) is 6.61 Å². The van der Waals surface area contributed by atoms with Crippen molar-refractivity contribution in [2.45, 2.75) is 26.6 Å². The Morgan fingerprint density at radius 3 is 2.27 bits per heavy atom. The summed E-state index contributed by atoms with van der Waals surface area (Å²) in [5, 5.41) is 8.43. The van der Waals surface area contributed by atoms with Crippen LogP contribution < -0.4 is 0 Å². The lowest BCUT2D eigenvalue weighted by Crippen LogP contribution is -2.41. The molecule has 11 heavy (non-hydrogen) atoms. The molecule has 4 heteroatoms. The van der Waals surface area contributed by atoms with E-state index in [1.807, 2.05) is 0 Å².